The number of halogens is 6. The minimum atomic E-state index is -4.92. The molecule has 0 fully saturated rings. The molecule has 0 aliphatic heterocycles. The van der Waals surface area contributed by atoms with E-state index >= 15 is 0 Å². The molecule has 0 atom stereocenters. The summed E-state index contributed by atoms with van der Waals surface area (Å²) in [6, 6.07) is 5.24. The molecule has 0 aliphatic carbocycles. The van der Waals surface area contributed by atoms with E-state index in [1.165, 1.54) is 30.7 Å². The van der Waals surface area contributed by atoms with Gasteiger partial charge in [-0.1, -0.05) is 19.1 Å². The highest BCUT2D eigenvalue weighted by Crippen LogP contribution is 2.35. The number of hydrogen-bond donors (Lipinski definition) is 0. The second-order valence-corrected chi connectivity index (χ2v) is 8.70. The fraction of sp³-hybridized carbons (Fsp3) is 0.278. The Morgan fingerprint density at radius 2 is 1.69 bits per heavy atom. The average molecular weight is 480 g/mol. The molecule has 0 saturated carbocycles. The van der Waals surface area contributed by atoms with Crippen molar-refractivity contribution in [3.05, 3.63) is 42.1 Å². The molecule has 0 bridgehead atoms. The molecule has 0 spiro atoms. The van der Waals surface area contributed by atoms with E-state index in [4.69, 9.17) is 0 Å². The summed E-state index contributed by atoms with van der Waals surface area (Å²) in [5.74, 6) is -1.21. The molecule has 3 aromatic rings. The predicted octanol–water partition coefficient (Wildman–Crippen LogP) is 4.26. The van der Waals surface area contributed by atoms with Crippen molar-refractivity contribution in [3.8, 4) is 28.7 Å². The molecule has 14 heteroatoms. The normalized spacial score (nSPS) is 12.8. The van der Waals surface area contributed by atoms with Crippen molar-refractivity contribution in [2.24, 2.45) is 7.05 Å². The SMILES string of the molecule is CCS(=O)(=O)c1cc(C(F)(F)F)cnc1-c1nnc(-c2cccc(OC(F)(F)F)c2)n1C. The van der Waals surface area contributed by atoms with Gasteiger partial charge < -0.3 is 9.30 Å². The average Bonchev–Trinajstić information content (AvgIpc) is 3.07. The lowest BCUT2D eigenvalue weighted by atomic mass is 10.2. The Morgan fingerprint density at radius 1 is 1.03 bits per heavy atom. The largest absolute Gasteiger partial charge is 0.573 e. The van der Waals surface area contributed by atoms with Crippen LogP contribution in [0.2, 0.25) is 0 Å². The molecular formula is C18H14F6N4O3S. The maximum absolute atomic E-state index is 13.1. The Labute approximate surface area is 177 Å². The standard InChI is InChI=1S/C18H14F6N4O3S/c1-3-32(29,30)13-8-11(17(19,20)21)9-25-14(13)16-27-26-15(28(16)2)10-5-4-6-12(7-10)31-18(22,23)24/h4-9H,3H2,1-2H3. The van der Waals surface area contributed by atoms with Crippen molar-refractivity contribution in [2.75, 3.05) is 5.75 Å². The van der Waals surface area contributed by atoms with Crippen LogP contribution in [0.25, 0.3) is 22.9 Å². The van der Waals surface area contributed by atoms with Crippen molar-refractivity contribution in [3.63, 3.8) is 0 Å². The number of rotatable bonds is 5. The highest BCUT2D eigenvalue weighted by molar-refractivity contribution is 7.91. The van der Waals surface area contributed by atoms with Gasteiger partial charge >= 0.3 is 12.5 Å². The Bertz CT molecular complexity index is 1250. The third kappa shape index (κ3) is 4.84. The molecule has 2 aromatic heterocycles. The van der Waals surface area contributed by atoms with Crippen LogP contribution in [0.1, 0.15) is 12.5 Å². The van der Waals surface area contributed by atoms with E-state index in [-0.39, 0.29) is 22.9 Å². The first-order chi connectivity index (χ1) is 14.7. The summed E-state index contributed by atoms with van der Waals surface area (Å²) in [4.78, 5) is 2.98. The Balaban J connectivity index is 2.14. The molecule has 3 rings (SSSR count). The lowest BCUT2D eigenvalue weighted by Gasteiger charge is -2.13. The Morgan fingerprint density at radius 3 is 2.28 bits per heavy atom. The maximum Gasteiger partial charge on any atom is 0.573 e. The van der Waals surface area contributed by atoms with Crippen LogP contribution >= 0.6 is 0 Å². The van der Waals surface area contributed by atoms with Gasteiger partial charge in [-0.25, -0.2) is 8.42 Å². The number of ether oxygens (including phenoxy) is 1. The number of benzene rings is 1. The van der Waals surface area contributed by atoms with Gasteiger partial charge in [0.1, 0.15) is 11.4 Å². The van der Waals surface area contributed by atoms with Crippen molar-refractivity contribution in [1.29, 1.82) is 0 Å². The Kier molecular flexibility index (Phi) is 5.93. The summed E-state index contributed by atoms with van der Waals surface area (Å²) in [7, 11) is -2.78. The van der Waals surface area contributed by atoms with Crippen molar-refractivity contribution >= 4 is 9.84 Å². The first-order valence-electron chi connectivity index (χ1n) is 8.79. The molecule has 0 unspecified atom stereocenters. The van der Waals surface area contributed by atoms with Gasteiger partial charge in [-0.05, 0) is 18.2 Å². The Hall–Kier alpha value is -3.16. The molecule has 32 heavy (non-hydrogen) atoms. The van der Waals surface area contributed by atoms with Crippen LogP contribution in [0, 0.1) is 0 Å². The predicted molar refractivity (Wildman–Crippen MR) is 99.1 cm³/mol. The molecule has 0 N–H and O–H groups in total. The number of sulfone groups is 1. The third-order valence-corrected chi connectivity index (χ3v) is 6.05. The van der Waals surface area contributed by atoms with E-state index in [9.17, 15) is 34.8 Å². The molecule has 7 nitrogen and oxygen atoms in total. The summed E-state index contributed by atoms with van der Waals surface area (Å²) in [5, 5.41) is 7.65. The molecule has 172 valence electrons. The van der Waals surface area contributed by atoms with E-state index in [1.54, 1.807) is 0 Å². The third-order valence-electron chi connectivity index (χ3n) is 4.31. The monoisotopic (exact) mass is 480 g/mol. The molecular weight excluding hydrogens is 466 g/mol. The van der Waals surface area contributed by atoms with E-state index < -0.39 is 44.3 Å². The number of nitrogens with zero attached hydrogens (tertiary/aromatic N) is 4. The van der Waals surface area contributed by atoms with Gasteiger partial charge in [0.05, 0.1) is 16.2 Å². The van der Waals surface area contributed by atoms with E-state index in [2.05, 4.69) is 19.9 Å². The van der Waals surface area contributed by atoms with Crippen LogP contribution < -0.4 is 4.74 Å². The molecule has 2 heterocycles. The van der Waals surface area contributed by atoms with Crippen molar-refractivity contribution in [2.45, 2.75) is 24.4 Å². The summed E-state index contributed by atoms with van der Waals surface area (Å²) < 4.78 is 107. The zero-order valence-electron chi connectivity index (χ0n) is 16.4. The minimum absolute atomic E-state index is 0.00849. The highest BCUT2D eigenvalue weighted by Gasteiger charge is 2.35. The highest BCUT2D eigenvalue weighted by atomic mass is 32.2. The minimum Gasteiger partial charge on any atom is -0.406 e. The van der Waals surface area contributed by atoms with E-state index in [1.807, 2.05) is 0 Å². The van der Waals surface area contributed by atoms with Crippen LogP contribution in [-0.4, -0.2) is 40.3 Å². The van der Waals surface area contributed by atoms with E-state index in [0.29, 0.717) is 12.3 Å². The quantitative estimate of drug-likeness (QED) is 0.508. The lowest BCUT2D eigenvalue weighted by molar-refractivity contribution is -0.274. The van der Waals surface area contributed by atoms with Gasteiger partial charge in [0.2, 0.25) is 0 Å². The van der Waals surface area contributed by atoms with Gasteiger partial charge in [-0.2, -0.15) is 13.2 Å². The fourth-order valence-electron chi connectivity index (χ4n) is 2.78. The van der Waals surface area contributed by atoms with Crippen molar-refractivity contribution < 1.29 is 39.5 Å². The van der Waals surface area contributed by atoms with Crippen molar-refractivity contribution in [1.82, 2.24) is 19.7 Å². The zero-order valence-corrected chi connectivity index (χ0v) is 17.2. The van der Waals surface area contributed by atoms with E-state index in [0.717, 1.165) is 12.1 Å². The lowest BCUT2D eigenvalue weighted by Crippen LogP contribution is -2.17. The van der Waals surface area contributed by atoms with Crippen LogP contribution in [0.4, 0.5) is 26.3 Å². The number of aromatic nitrogens is 4. The van der Waals surface area contributed by atoms with Crippen LogP contribution in [0.3, 0.4) is 0 Å². The summed E-state index contributed by atoms with van der Waals surface area (Å²) >= 11 is 0. The molecule has 1 aromatic carbocycles. The molecule has 0 amide bonds. The van der Waals surface area contributed by atoms with Gasteiger partial charge in [0, 0.05) is 18.8 Å². The fourth-order valence-corrected chi connectivity index (χ4v) is 3.84. The van der Waals surface area contributed by atoms with Gasteiger partial charge in [0.25, 0.3) is 0 Å². The zero-order chi connectivity index (χ0) is 23.9. The maximum atomic E-state index is 13.1. The summed E-state index contributed by atoms with van der Waals surface area (Å²) in [6.45, 7) is 1.26. The molecule has 0 aliphatic rings. The number of pyridine rings is 1. The van der Waals surface area contributed by atoms with Gasteiger partial charge in [0.15, 0.2) is 21.5 Å². The first kappa shape index (κ1) is 23.5. The first-order valence-corrected chi connectivity index (χ1v) is 10.4. The van der Waals surface area contributed by atoms with Crippen LogP contribution in [0.15, 0.2) is 41.4 Å². The van der Waals surface area contributed by atoms with Gasteiger partial charge in [-0.15, -0.1) is 23.4 Å². The van der Waals surface area contributed by atoms with Crippen LogP contribution in [0.5, 0.6) is 5.75 Å². The topological polar surface area (TPSA) is 87.0 Å². The van der Waals surface area contributed by atoms with Crippen LogP contribution in [-0.2, 0) is 23.1 Å². The van der Waals surface area contributed by atoms with Gasteiger partial charge in [-0.3, -0.25) is 4.98 Å². The number of hydrogen-bond acceptors (Lipinski definition) is 6. The molecule has 0 radical (unpaired) electrons. The second kappa shape index (κ2) is 8.07. The summed E-state index contributed by atoms with van der Waals surface area (Å²) in [5.41, 5.74) is -1.49. The molecule has 0 saturated heterocycles. The smallest absolute Gasteiger partial charge is 0.406 e. The number of alkyl halides is 6. The second-order valence-electron chi connectivity index (χ2n) is 6.45. The summed E-state index contributed by atoms with van der Waals surface area (Å²) in [6.07, 6.45) is -9.28.